The monoisotopic (exact) mass is 377 g/mol. The second-order valence-electron chi connectivity index (χ2n) is 7.29. The van der Waals surface area contributed by atoms with E-state index in [9.17, 15) is 22.8 Å². The molecule has 150 valence electrons. The second-order valence-corrected chi connectivity index (χ2v) is 7.29. The molecule has 0 radical (unpaired) electrons. The lowest BCUT2D eigenvalue weighted by Gasteiger charge is -2.35. The van der Waals surface area contributed by atoms with Crippen molar-refractivity contribution in [2.24, 2.45) is 5.92 Å². The summed E-state index contributed by atoms with van der Waals surface area (Å²) in [5.74, 6) is 0.164. The number of piperidine rings is 1. The van der Waals surface area contributed by atoms with Crippen LogP contribution in [-0.2, 0) is 9.59 Å². The summed E-state index contributed by atoms with van der Waals surface area (Å²) in [7, 11) is 0. The lowest BCUT2D eigenvalue weighted by atomic mass is 9.91. The Labute approximate surface area is 153 Å². The molecule has 2 aliphatic heterocycles. The van der Waals surface area contributed by atoms with E-state index in [1.165, 1.54) is 4.90 Å². The number of likely N-dealkylation sites (N-methyl/N-ethyl adjacent to an activating group) is 1. The average molecular weight is 377 g/mol. The topological polar surface area (TPSA) is 43.9 Å². The molecule has 0 spiro atoms. The number of carbonyl (C=O) groups excluding carboxylic acids is 2. The van der Waals surface area contributed by atoms with Crippen LogP contribution in [0, 0.1) is 5.92 Å². The number of nitrogens with zero attached hydrogens (tertiary/aromatic N) is 3. The van der Waals surface area contributed by atoms with Gasteiger partial charge in [-0.3, -0.25) is 9.59 Å². The number of likely N-dealkylation sites (tertiary alicyclic amines) is 1. The molecule has 2 fully saturated rings. The Hall–Kier alpha value is -1.31. The second kappa shape index (κ2) is 9.58. The predicted octanol–water partition coefficient (Wildman–Crippen LogP) is 2.51. The van der Waals surface area contributed by atoms with Crippen LogP contribution in [-0.4, -0.2) is 78.5 Å². The zero-order valence-corrected chi connectivity index (χ0v) is 15.6. The van der Waals surface area contributed by atoms with Crippen LogP contribution in [0.2, 0.25) is 0 Å². The highest BCUT2D eigenvalue weighted by atomic mass is 19.4. The molecule has 8 heteroatoms. The van der Waals surface area contributed by atoms with Crippen LogP contribution >= 0.6 is 0 Å². The molecule has 2 saturated heterocycles. The molecule has 2 aliphatic rings. The van der Waals surface area contributed by atoms with Crippen molar-refractivity contribution in [3.8, 4) is 0 Å². The van der Waals surface area contributed by atoms with Gasteiger partial charge in [-0.15, -0.1) is 0 Å². The van der Waals surface area contributed by atoms with E-state index in [2.05, 4.69) is 11.8 Å². The van der Waals surface area contributed by atoms with Gasteiger partial charge < -0.3 is 14.7 Å². The number of halogens is 3. The maximum absolute atomic E-state index is 12.3. The Bertz CT molecular complexity index is 469. The van der Waals surface area contributed by atoms with E-state index >= 15 is 0 Å². The summed E-state index contributed by atoms with van der Waals surface area (Å²) in [6.45, 7) is 7.59. The Morgan fingerprint density at radius 2 is 1.42 bits per heavy atom. The van der Waals surface area contributed by atoms with Crippen molar-refractivity contribution in [3.63, 3.8) is 0 Å². The summed E-state index contributed by atoms with van der Waals surface area (Å²) in [5, 5.41) is 0. The third kappa shape index (κ3) is 6.78. The largest absolute Gasteiger partial charge is 0.389 e. The Morgan fingerprint density at radius 1 is 0.885 bits per heavy atom. The lowest BCUT2D eigenvalue weighted by Crippen LogP contribution is -2.48. The molecular weight excluding hydrogens is 347 g/mol. The van der Waals surface area contributed by atoms with Gasteiger partial charge in [0.25, 0.3) is 0 Å². The minimum Gasteiger partial charge on any atom is -0.343 e. The van der Waals surface area contributed by atoms with Crippen molar-refractivity contribution in [2.75, 3.05) is 45.8 Å². The first-order valence-electron chi connectivity index (χ1n) is 9.63. The fourth-order valence-electron chi connectivity index (χ4n) is 3.68. The number of piperazine rings is 1. The van der Waals surface area contributed by atoms with Crippen LogP contribution in [0.4, 0.5) is 13.2 Å². The summed E-state index contributed by atoms with van der Waals surface area (Å²) < 4.78 is 36.6. The molecule has 2 amide bonds. The molecule has 0 aliphatic carbocycles. The van der Waals surface area contributed by atoms with Crippen LogP contribution in [0.5, 0.6) is 0 Å². The van der Waals surface area contributed by atoms with Crippen LogP contribution < -0.4 is 0 Å². The minimum atomic E-state index is -4.28. The number of alkyl halides is 3. The molecule has 0 atom stereocenters. The highest BCUT2D eigenvalue weighted by Gasteiger charge is 2.30. The van der Waals surface area contributed by atoms with E-state index in [0.717, 1.165) is 52.0 Å². The Balaban J connectivity index is 1.63. The fourth-order valence-corrected chi connectivity index (χ4v) is 3.68. The van der Waals surface area contributed by atoms with Crippen molar-refractivity contribution < 1.29 is 22.8 Å². The van der Waals surface area contributed by atoms with Crippen LogP contribution in [0.25, 0.3) is 0 Å². The highest BCUT2D eigenvalue weighted by molar-refractivity contribution is 5.76. The van der Waals surface area contributed by atoms with Gasteiger partial charge in [0.2, 0.25) is 11.8 Å². The number of hydrogen-bond acceptors (Lipinski definition) is 3. The Morgan fingerprint density at radius 3 is 1.96 bits per heavy atom. The molecule has 0 aromatic rings. The van der Waals surface area contributed by atoms with Gasteiger partial charge in [0, 0.05) is 52.1 Å². The molecule has 0 saturated carbocycles. The van der Waals surface area contributed by atoms with Gasteiger partial charge in [0.05, 0.1) is 6.42 Å². The third-order valence-electron chi connectivity index (χ3n) is 5.53. The smallest absolute Gasteiger partial charge is 0.343 e. The zero-order valence-electron chi connectivity index (χ0n) is 15.6. The SMILES string of the molecule is CCN1CCN(C(=O)CCC2CCN(C(=O)CCC(F)(F)F)CC2)CC1. The standard InChI is InChI=1S/C18H30F3N3O2/c1-2-22-11-13-24(14-12-22)16(25)4-3-15-6-9-23(10-7-15)17(26)5-8-18(19,20)21/h15H,2-14H2,1H3. The van der Waals surface area contributed by atoms with Gasteiger partial charge in [-0.2, -0.15) is 13.2 Å². The van der Waals surface area contributed by atoms with E-state index in [4.69, 9.17) is 0 Å². The number of carbonyl (C=O) groups is 2. The molecule has 0 bridgehead atoms. The summed E-state index contributed by atoms with van der Waals surface area (Å²) >= 11 is 0. The maximum atomic E-state index is 12.3. The quantitative estimate of drug-likeness (QED) is 0.714. The summed E-state index contributed by atoms with van der Waals surface area (Å²) in [5.41, 5.74) is 0. The lowest BCUT2D eigenvalue weighted by molar-refractivity contribution is -0.149. The number of hydrogen-bond donors (Lipinski definition) is 0. The van der Waals surface area contributed by atoms with Gasteiger partial charge in [-0.05, 0) is 31.7 Å². The molecule has 26 heavy (non-hydrogen) atoms. The van der Waals surface area contributed by atoms with Crippen molar-refractivity contribution in [1.82, 2.24) is 14.7 Å². The molecule has 0 aromatic carbocycles. The van der Waals surface area contributed by atoms with E-state index in [1.54, 1.807) is 0 Å². The summed E-state index contributed by atoms with van der Waals surface area (Å²) in [4.78, 5) is 30.0. The molecule has 2 rings (SSSR count). The average Bonchev–Trinajstić information content (AvgIpc) is 2.64. The molecule has 2 heterocycles. The molecular formula is C18H30F3N3O2. The first-order chi connectivity index (χ1) is 12.3. The van der Waals surface area contributed by atoms with Crippen molar-refractivity contribution >= 4 is 11.8 Å². The fraction of sp³-hybridized carbons (Fsp3) is 0.889. The van der Waals surface area contributed by atoms with Crippen LogP contribution in [0.3, 0.4) is 0 Å². The van der Waals surface area contributed by atoms with Gasteiger partial charge in [-0.1, -0.05) is 6.92 Å². The summed E-state index contributed by atoms with van der Waals surface area (Å²) in [6, 6.07) is 0. The van der Waals surface area contributed by atoms with Gasteiger partial charge >= 0.3 is 6.18 Å². The van der Waals surface area contributed by atoms with Gasteiger partial charge in [0.1, 0.15) is 0 Å². The molecule has 0 unspecified atom stereocenters. The number of amides is 2. The van der Waals surface area contributed by atoms with Crippen LogP contribution in [0.1, 0.15) is 45.4 Å². The van der Waals surface area contributed by atoms with E-state index in [-0.39, 0.29) is 5.91 Å². The van der Waals surface area contributed by atoms with E-state index < -0.39 is 24.9 Å². The molecule has 0 aromatic heterocycles. The first kappa shape index (κ1) is 21.0. The van der Waals surface area contributed by atoms with Gasteiger partial charge in [-0.25, -0.2) is 0 Å². The van der Waals surface area contributed by atoms with Crippen molar-refractivity contribution in [1.29, 1.82) is 0 Å². The number of rotatable bonds is 6. The normalized spacial score (nSPS) is 20.5. The highest BCUT2D eigenvalue weighted by Crippen LogP contribution is 2.25. The van der Waals surface area contributed by atoms with Gasteiger partial charge in [0.15, 0.2) is 0 Å². The van der Waals surface area contributed by atoms with Crippen molar-refractivity contribution in [3.05, 3.63) is 0 Å². The van der Waals surface area contributed by atoms with E-state index in [1.807, 2.05) is 4.90 Å². The van der Waals surface area contributed by atoms with Crippen LogP contribution in [0.15, 0.2) is 0 Å². The van der Waals surface area contributed by atoms with Crippen molar-refractivity contribution in [2.45, 2.75) is 51.6 Å². The zero-order chi connectivity index (χ0) is 19.2. The molecule has 5 nitrogen and oxygen atoms in total. The first-order valence-corrected chi connectivity index (χ1v) is 9.63. The third-order valence-corrected chi connectivity index (χ3v) is 5.53. The van der Waals surface area contributed by atoms with E-state index in [0.29, 0.717) is 25.4 Å². The molecule has 0 N–H and O–H groups in total. The Kier molecular flexibility index (Phi) is 7.73. The minimum absolute atomic E-state index is 0.199. The predicted molar refractivity (Wildman–Crippen MR) is 92.5 cm³/mol. The maximum Gasteiger partial charge on any atom is 0.389 e. The summed E-state index contributed by atoms with van der Waals surface area (Å²) in [6.07, 6.45) is -2.92.